The number of ether oxygens (including phenoxy) is 1. The van der Waals surface area contributed by atoms with Crippen LogP contribution >= 0.6 is 0 Å². The topological polar surface area (TPSA) is 65.4 Å². The molecule has 2 rings (SSSR count). The van der Waals surface area contributed by atoms with Crippen molar-refractivity contribution in [2.45, 2.75) is 64.5 Å². The van der Waals surface area contributed by atoms with Crippen molar-refractivity contribution in [1.82, 2.24) is 10.2 Å². The van der Waals surface area contributed by atoms with Gasteiger partial charge in [0.05, 0.1) is 12.7 Å². The van der Waals surface area contributed by atoms with Gasteiger partial charge in [-0.15, -0.1) is 0 Å². The largest absolute Gasteiger partial charge is 0.450 e. The van der Waals surface area contributed by atoms with Gasteiger partial charge in [0.1, 0.15) is 0 Å². The van der Waals surface area contributed by atoms with Gasteiger partial charge in [0.15, 0.2) is 0 Å². The Kier molecular flexibility index (Phi) is 6.50. The maximum atomic E-state index is 11.7. The van der Waals surface area contributed by atoms with Gasteiger partial charge < -0.3 is 15.0 Å². The van der Waals surface area contributed by atoms with E-state index in [1.54, 1.807) is 0 Å². The minimum absolute atomic E-state index is 0.175. The third-order valence-corrected chi connectivity index (χ3v) is 5.13. The van der Waals surface area contributed by atoms with Crippen LogP contribution in [0, 0.1) is 23.2 Å². The summed E-state index contributed by atoms with van der Waals surface area (Å²) in [6, 6.07) is 3.35. The number of carbonyl (C=O) groups is 1. The molecule has 3 unspecified atom stereocenters. The fraction of sp³-hybridized carbons (Fsp3) is 0.882. The molecule has 0 spiro atoms. The Morgan fingerprint density at radius 2 is 2.09 bits per heavy atom. The summed E-state index contributed by atoms with van der Waals surface area (Å²) < 4.78 is 5.06. The monoisotopic (exact) mass is 307 g/mol. The van der Waals surface area contributed by atoms with Gasteiger partial charge in [-0.25, -0.2) is 4.79 Å². The SMILES string of the molecule is CCOC(=O)N1CCC(C(C)NC2CCCC(C#N)C2)CC1. The molecule has 0 aromatic heterocycles. The van der Waals surface area contributed by atoms with Crippen LogP contribution in [-0.4, -0.2) is 42.8 Å². The summed E-state index contributed by atoms with van der Waals surface area (Å²) in [6.45, 7) is 6.12. The smallest absolute Gasteiger partial charge is 0.409 e. The highest BCUT2D eigenvalue weighted by molar-refractivity contribution is 5.67. The van der Waals surface area contributed by atoms with Gasteiger partial charge in [-0.05, 0) is 51.9 Å². The van der Waals surface area contributed by atoms with Crippen LogP contribution in [0.3, 0.4) is 0 Å². The second-order valence-electron chi connectivity index (χ2n) is 6.67. The minimum atomic E-state index is -0.175. The van der Waals surface area contributed by atoms with Gasteiger partial charge in [0, 0.05) is 31.1 Å². The van der Waals surface area contributed by atoms with Crippen molar-refractivity contribution in [3.63, 3.8) is 0 Å². The lowest BCUT2D eigenvalue weighted by Crippen LogP contribution is -2.47. The van der Waals surface area contributed by atoms with Gasteiger partial charge in [-0.3, -0.25) is 0 Å². The average Bonchev–Trinajstić information content (AvgIpc) is 2.55. The Hall–Kier alpha value is -1.28. The normalized spacial score (nSPS) is 28.0. The molecule has 2 aliphatic rings. The summed E-state index contributed by atoms with van der Waals surface area (Å²) in [6.07, 6.45) is 6.27. The van der Waals surface area contributed by atoms with Crippen LogP contribution in [0.15, 0.2) is 0 Å². The van der Waals surface area contributed by atoms with Crippen molar-refractivity contribution in [1.29, 1.82) is 5.26 Å². The molecule has 1 aliphatic carbocycles. The highest BCUT2D eigenvalue weighted by Crippen LogP contribution is 2.26. The van der Waals surface area contributed by atoms with Crippen LogP contribution in [-0.2, 0) is 4.74 Å². The lowest BCUT2D eigenvalue weighted by Gasteiger charge is -2.37. The Balaban J connectivity index is 1.74. The van der Waals surface area contributed by atoms with Crippen molar-refractivity contribution < 1.29 is 9.53 Å². The first-order valence-electron chi connectivity index (χ1n) is 8.71. The highest BCUT2D eigenvalue weighted by atomic mass is 16.6. The molecule has 0 bridgehead atoms. The predicted octanol–water partition coefficient (Wildman–Crippen LogP) is 2.92. The van der Waals surface area contributed by atoms with Gasteiger partial charge in [0.25, 0.3) is 0 Å². The maximum Gasteiger partial charge on any atom is 0.409 e. The Morgan fingerprint density at radius 1 is 1.36 bits per heavy atom. The highest BCUT2D eigenvalue weighted by Gasteiger charge is 2.29. The third-order valence-electron chi connectivity index (χ3n) is 5.13. The van der Waals surface area contributed by atoms with E-state index >= 15 is 0 Å². The molecule has 1 amide bonds. The number of nitrogens with one attached hydrogen (secondary N) is 1. The molecule has 124 valence electrons. The molecule has 1 N–H and O–H groups in total. The van der Waals surface area contributed by atoms with Crippen LogP contribution in [0.4, 0.5) is 4.79 Å². The molecule has 5 heteroatoms. The van der Waals surface area contributed by atoms with E-state index in [0.29, 0.717) is 24.6 Å². The van der Waals surface area contributed by atoms with E-state index in [0.717, 1.165) is 45.2 Å². The average molecular weight is 307 g/mol. The molecular weight excluding hydrogens is 278 g/mol. The van der Waals surface area contributed by atoms with Crippen LogP contribution < -0.4 is 5.32 Å². The number of hydrogen-bond donors (Lipinski definition) is 1. The van der Waals surface area contributed by atoms with Crippen molar-refractivity contribution >= 4 is 6.09 Å². The molecule has 22 heavy (non-hydrogen) atoms. The van der Waals surface area contributed by atoms with Crippen LogP contribution in [0.2, 0.25) is 0 Å². The third kappa shape index (κ3) is 4.61. The first-order valence-corrected chi connectivity index (χ1v) is 8.71. The maximum absolute atomic E-state index is 11.7. The molecule has 3 atom stereocenters. The number of carbonyl (C=O) groups excluding carboxylic acids is 1. The number of nitrogens with zero attached hydrogens (tertiary/aromatic N) is 2. The van der Waals surface area contributed by atoms with E-state index < -0.39 is 0 Å². The van der Waals surface area contributed by atoms with Crippen molar-refractivity contribution in [3.8, 4) is 6.07 Å². The number of rotatable bonds is 4. The zero-order valence-corrected chi connectivity index (χ0v) is 13.9. The quantitative estimate of drug-likeness (QED) is 0.867. The number of nitriles is 1. The van der Waals surface area contributed by atoms with Gasteiger partial charge in [0.2, 0.25) is 0 Å². The lowest BCUT2D eigenvalue weighted by atomic mass is 9.84. The second kappa shape index (κ2) is 8.38. The zero-order chi connectivity index (χ0) is 15.9. The van der Waals surface area contributed by atoms with E-state index in [9.17, 15) is 4.79 Å². The molecule has 0 aromatic carbocycles. The number of amides is 1. The fourth-order valence-corrected chi connectivity index (χ4v) is 3.76. The van der Waals surface area contributed by atoms with Crippen molar-refractivity contribution in [3.05, 3.63) is 0 Å². The standard InChI is InChI=1S/C17H29N3O2/c1-3-22-17(21)20-9-7-15(8-10-20)13(2)19-16-6-4-5-14(11-16)12-18/h13-16,19H,3-11H2,1-2H3. The Morgan fingerprint density at radius 3 is 2.73 bits per heavy atom. The zero-order valence-electron chi connectivity index (χ0n) is 13.9. The van der Waals surface area contributed by atoms with Gasteiger partial charge in [-0.2, -0.15) is 5.26 Å². The fourth-order valence-electron chi connectivity index (χ4n) is 3.76. The molecule has 1 saturated heterocycles. The van der Waals surface area contributed by atoms with Gasteiger partial charge in [-0.1, -0.05) is 6.42 Å². The van der Waals surface area contributed by atoms with Crippen LogP contribution in [0.5, 0.6) is 0 Å². The minimum Gasteiger partial charge on any atom is -0.450 e. The summed E-state index contributed by atoms with van der Waals surface area (Å²) in [5.74, 6) is 0.831. The number of piperidine rings is 1. The molecule has 1 aliphatic heterocycles. The summed E-state index contributed by atoms with van der Waals surface area (Å²) in [5, 5.41) is 12.8. The molecule has 5 nitrogen and oxygen atoms in total. The molecular formula is C17H29N3O2. The Labute approximate surface area is 134 Å². The molecule has 1 heterocycles. The van der Waals surface area contributed by atoms with Crippen LogP contribution in [0.1, 0.15) is 52.4 Å². The number of likely N-dealkylation sites (tertiary alicyclic amines) is 1. The lowest BCUT2D eigenvalue weighted by molar-refractivity contribution is 0.0865. The first-order chi connectivity index (χ1) is 10.6. The van der Waals surface area contributed by atoms with Crippen molar-refractivity contribution in [2.75, 3.05) is 19.7 Å². The molecule has 0 radical (unpaired) electrons. The predicted molar refractivity (Wildman–Crippen MR) is 85.3 cm³/mol. The van der Waals surface area contributed by atoms with Crippen molar-refractivity contribution in [2.24, 2.45) is 11.8 Å². The van der Waals surface area contributed by atoms with E-state index in [1.807, 2.05) is 11.8 Å². The van der Waals surface area contributed by atoms with Crippen LogP contribution in [0.25, 0.3) is 0 Å². The van der Waals surface area contributed by atoms with E-state index in [4.69, 9.17) is 10.00 Å². The van der Waals surface area contributed by atoms with E-state index in [1.165, 1.54) is 6.42 Å². The summed E-state index contributed by atoms with van der Waals surface area (Å²) >= 11 is 0. The summed E-state index contributed by atoms with van der Waals surface area (Å²) in [4.78, 5) is 13.5. The first kappa shape index (κ1) is 17.1. The Bertz CT molecular complexity index is 399. The number of hydrogen-bond acceptors (Lipinski definition) is 4. The molecule has 1 saturated carbocycles. The molecule has 0 aromatic rings. The second-order valence-corrected chi connectivity index (χ2v) is 6.67. The summed E-state index contributed by atoms with van der Waals surface area (Å²) in [5.41, 5.74) is 0. The van der Waals surface area contributed by atoms with E-state index in [-0.39, 0.29) is 12.0 Å². The van der Waals surface area contributed by atoms with Gasteiger partial charge >= 0.3 is 6.09 Å². The molecule has 2 fully saturated rings. The summed E-state index contributed by atoms with van der Waals surface area (Å²) in [7, 11) is 0. The van der Waals surface area contributed by atoms with E-state index in [2.05, 4.69) is 18.3 Å².